The minimum Gasteiger partial charge on any atom is -0.340 e. The van der Waals surface area contributed by atoms with E-state index >= 15 is 0 Å². The summed E-state index contributed by atoms with van der Waals surface area (Å²) in [6.07, 6.45) is 2.09. The van der Waals surface area contributed by atoms with Crippen LogP contribution in [0.1, 0.15) is 26.7 Å². The number of piperidine rings is 1. The summed E-state index contributed by atoms with van der Waals surface area (Å²) in [6, 6.07) is 0.860. The highest BCUT2D eigenvalue weighted by atomic mass is 16.2. The van der Waals surface area contributed by atoms with E-state index in [0.717, 1.165) is 45.6 Å². The van der Waals surface area contributed by atoms with Crippen molar-refractivity contribution in [2.75, 3.05) is 46.8 Å². The van der Waals surface area contributed by atoms with Crippen molar-refractivity contribution < 1.29 is 4.79 Å². The highest BCUT2D eigenvalue weighted by Crippen LogP contribution is 2.15. The molecule has 0 aromatic carbocycles. The minimum absolute atomic E-state index is 0.0235. The molecule has 5 heteroatoms. The Balaban J connectivity index is 1.92. The van der Waals surface area contributed by atoms with E-state index in [1.54, 1.807) is 0 Å². The molecule has 0 saturated carbocycles. The minimum atomic E-state index is 0.0235. The molecule has 0 radical (unpaired) electrons. The van der Waals surface area contributed by atoms with Gasteiger partial charge in [-0.3, -0.25) is 9.69 Å². The zero-order chi connectivity index (χ0) is 14.7. The molecule has 2 aliphatic rings. The molecule has 1 amide bonds. The van der Waals surface area contributed by atoms with Crippen molar-refractivity contribution in [3.8, 4) is 0 Å². The number of carbonyl (C=O) groups is 1. The first kappa shape index (κ1) is 15.7. The van der Waals surface area contributed by atoms with Crippen LogP contribution in [-0.2, 0) is 4.79 Å². The molecule has 0 aromatic rings. The van der Waals surface area contributed by atoms with E-state index in [2.05, 4.69) is 48.0 Å². The fourth-order valence-electron chi connectivity index (χ4n) is 3.23. The maximum Gasteiger partial charge on any atom is 0.239 e. The number of rotatable bonds is 4. The second kappa shape index (κ2) is 6.87. The average molecular weight is 282 g/mol. The molecule has 1 N–H and O–H groups in total. The van der Waals surface area contributed by atoms with Crippen LogP contribution in [0.3, 0.4) is 0 Å². The lowest BCUT2D eigenvalue weighted by molar-refractivity contribution is -0.137. The Kier molecular flexibility index (Phi) is 5.41. The first-order valence-corrected chi connectivity index (χ1v) is 7.91. The number of nitrogens with one attached hydrogen (secondary N) is 1. The van der Waals surface area contributed by atoms with Gasteiger partial charge in [-0.2, -0.15) is 0 Å². The van der Waals surface area contributed by atoms with Crippen LogP contribution >= 0.6 is 0 Å². The van der Waals surface area contributed by atoms with Gasteiger partial charge in [0, 0.05) is 44.8 Å². The van der Waals surface area contributed by atoms with E-state index in [-0.39, 0.29) is 6.04 Å². The number of hydrogen-bond acceptors (Lipinski definition) is 4. The van der Waals surface area contributed by atoms with Crippen LogP contribution < -0.4 is 5.32 Å². The predicted octanol–water partition coefficient (Wildman–Crippen LogP) is 0.221. The maximum atomic E-state index is 12.6. The largest absolute Gasteiger partial charge is 0.340 e. The number of carbonyl (C=O) groups excluding carboxylic acids is 1. The highest BCUT2D eigenvalue weighted by molar-refractivity contribution is 5.82. The van der Waals surface area contributed by atoms with Gasteiger partial charge in [0.25, 0.3) is 0 Å². The molecule has 0 spiro atoms. The third-order valence-corrected chi connectivity index (χ3v) is 4.48. The van der Waals surface area contributed by atoms with Gasteiger partial charge in [0.1, 0.15) is 0 Å². The van der Waals surface area contributed by atoms with E-state index in [1.165, 1.54) is 0 Å². The van der Waals surface area contributed by atoms with Gasteiger partial charge in [-0.1, -0.05) is 13.8 Å². The molecule has 5 nitrogen and oxygen atoms in total. The summed E-state index contributed by atoms with van der Waals surface area (Å²) >= 11 is 0. The van der Waals surface area contributed by atoms with Gasteiger partial charge in [-0.25, -0.2) is 0 Å². The summed E-state index contributed by atoms with van der Waals surface area (Å²) in [5.74, 6) is 0.298. The zero-order valence-electron chi connectivity index (χ0n) is 13.4. The number of piperazine rings is 1. The molecular weight excluding hydrogens is 252 g/mol. The summed E-state index contributed by atoms with van der Waals surface area (Å²) in [5.41, 5.74) is 0. The van der Waals surface area contributed by atoms with E-state index in [4.69, 9.17) is 0 Å². The van der Waals surface area contributed by atoms with Crippen molar-refractivity contribution in [3.63, 3.8) is 0 Å². The fourth-order valence-corrected chi connectivity index (χ4v) is 3.23. The first-order valence-electron chi connectivity index (χ1n) is 7.91. The Morgan fingerprint density at radius 1 is 1.25 bits per heavy atom. The van der Waals surface area contributed by atoms with Crippen LogP contribution in [0.15, 0.2) is 0 Å². The molecule has 0 aliphatic carbocycles. The Labute approximate surface area is 123 Å². The monoisotopic (exact) mass is 282 g/mol. The number of hydrogen-bond donors (Lipinski definition) is 1. The molecular formula is C15H30N4O. The molecule has 2 saturated heterocycles. The summed E-state index contributed by atoms with van der Waals surface area (Å²) < 4.78 is 0. The molecule has 2 atom stereocenters. The molecule has 2 unspecified atom stereocenters. The van der Waals surface area contributed by atoms with Crippen molar-refractivity contribution in [1.29, 1.82) is 0 Å². The Morgan fingerprint density at radius 3 is 2.70 bits per heavy atom. The van der Waals surface area contributed by atoms with Gasteiger partial charge >= 0.3 is 0 Å². The van der Waals surface area contributed by atoms with Crippen molar-refractivity contribution >= 4 is 5.91 Å². The van der Waals surface area contributed by atoms with Crippen LogP contribution in [0, 0.1) is 0 Å². The van der Waals surface area contributed by atoms with Crippen LogP contribution in [0.25, 0.3) is 0 Å². The normalized spacial score (nSPS) is 30.2. The van der Waals surface area contributed by atoms with E-state index in [0.29, 0.717) is 18.0 Å². The highest BCUT2D eigenvalue weighted by Gasteiger charge is 2.32. The smallest absolute Gasteiger partial charge is 0.239 e. The van der Waals surface area contributed by atoms with Gasteiger partial charge in [-0.05, 0) is 26.9 Å². The van der Waals surface area contributed by atoms with Crippen LogP contribution in [-0.4, -0.2) is 85.6 Å². The third kappa shape index (κ3) is 3.93. The molecule has 2 heterocycles. The Morgan fingerprint density at radius 2 is 2.00 bits per heavy atom. The van der Waals surface area contributed by atoms with Crippen LogP contribution in [0.2, 0.25) is 0 Å². The van der Waals surface area contributed by atoms with Crippen molar-refractivity contribution in [3.05, 3.63) is 0 Å². The topological polar surface area (TPSA) is 38.8 Å². The molecule has 0 aromatic heterocycles. The second-order valence-corrected chi connectivity index (χ2v) is 6.70. The number of nitrogens with zero attached hydrogens (tertiary/aromatic N) is 3. The van der Waals surface area contributed by atoms with Gasteiger partial charge in [-0.15, -0.1) is 0 Å². The van der Waals surface area contributed by atoms with Crippen LogP contribution in [0.4, 0.5) is 0 Å². The lowest BCUT2D eigenvalue weighted by atomic mass is 10.0. The SMILES string of the molecule is CC(C)NC1CCCN(CC2CN(C)CCN2C)C1=O. The van der Waals surface area contributed by atoms with Crippen LogP contribution in [0.5, 0.6) is 0 Å². The quantitative estimate of drug-likeness (QED) is 0.801. The zero-order valence-corrected chi connectivity index (χ0v) is 13.4. The van der Waals surface area contributed by atoms with E-state index < -0.39 is 0 Å². The fraction of sp³-hybridized carbons (Fsp3) is 0.933. The molecule has 2 fully saturated rings. The maximum absolute atomic E-state index is 12.6. The van der Waals surface area contributed by atoms with Gasteiger partial charge in [0.2, 0.25) is 5.91 Å². The van der Waals surface area contributed by atoms with E-state index in [1.807, 2.05) is 0 Å². The molecule has 2 rings (SSSR count). The molecule has 0 bridgehead atoms. The lowest BCUT2D eigenvalue weighted by Crippen LogP contribution is -2.59. The molecule has 2 aliphatic heterocycles. The summed E-state index contributed by atoms with van der Waals surface area (Å²) in [4.78, 5) is 19.4. The molecule has 116 valence electrons. The van der Waals surface area contributed by atoms with Gasteiger partial charge < -0.3 is 15.1 Å². The summed E-state index contributed by atoms with van der Waals surface area (Å²) in [6.45, 7) is 9.28. The predicted molar refractivity (Wildman–Crippen MR) is 81.8 cm³/mol. The summed E-state index contributed by atoms with van der Waals surface area (Å²) in [5, 5.41) is 3.40. The van der Waals surface area contributed by atoms with Crippen molar-refractivity contribution in [2.45, 2.75) is 44.8 Å². The third-order valence-electron chi connectivity index (χ3n) is 4.48. The van der Waals surface area contributed by atoms with Gasteiger partial charge in [0.15, 0.2) is 0 Å². The number of likely N-dealkylation sites (N-methyl/N-ethyl adjacent to an activating group) is 2. The summed E-state index contributed by atoms with van der Waals surface area (Å²) in [7, 11) is 4.34. The van der Waals surface area contributed by atoms with Crippen molar-refractivity contribution in [2.24, 2.45) is 0 Å². The number of amides is 1. The van der Waals surface area contributed by atoms with Gasteiger partial charge in [0.05, 0.1) is 6.04 Å². The number of likely N-dealkylation sites (tertiary alicyclic amines) is 1. The average Bonchev–Trinajstić information content (AvgIpc) is 2.38. The molecule has 20 heavy (non-hydrogen) atoms. The second-order valence-electron chi connectivity index (χ2n) is 6.70. The first-order chi connectivity index (χ1) is 9.47. The Hall–Kier alpha value is -0.650. The standard InChI is InChI=1S/C15H30N4O/c1-12(2)16-14-6-5-7-19(15(14)20)11-13-10-17(3)8-9-18(13)4/h12-14,16H,5-11H2,1-4H3. The lowest BCUT2D eigenvalue weighted by Gasteiger charge is -2.42. The van der Waals surface area contributed by atoms with Crippen molar-refractivity contribution in [1.82, 2.24) is 20.0 Å². The Bertz CT molecular complexity index is 334. The van der Waals surface area contributed by atoms with E-state index in [9.17, 15) is 4.79 Å².